The largest absolute Gasteiger partial charge is 0.411 e. The average Bonchev–Trinajstić information content (AvgIpc) is 2.80. The van der Waals surface area contributed by atoms with E-state index in [-0.39, 0.29) is 11.8 Å². The summed E-state index contributed by atoms with van der Waals surface area (Å²) in [4.78, 5) is 14.5. The first kappa shape index (κ1) is 12.2. The molecule has 0 N–H and O–H groups in total. The monoisotopic (exact) mass is 270 g/mol. The molecule has 0 aliphatic carbocycles. The van der Waals surface area contributed by atoms with Crippen LogP contribution in [0.25, 0.3) is 11.1 Å². The summed E-state index contributed by atoms with van der Waals surface area (Å²) in [7, 11) is 0. The number of aromatic nitrogens is 1. The molecule has 0 spiro atoms. The summed E-state index contributed by atoms with van der Waals surface area (Å²) in [5.74, 6) is 0.444. The van der Waals surface area contributed by atoms with Crippen LogP contribution in [0.1, 0.15) is 5.56 Å². The highest BCUT2D eigenvalue weighted by Gasteiger charge is 2.13. The molecule has 100 valence electrons. The molecular formula is C14H10N2O4. The summed E-state index contributed by atoms with van der Waals surface area (Å²) >= 11 is 0. The van der Waals surface area contributed by atoms with E-state index in [0.29, 0.717) is 22.4 Å². The summed E-state index contributed by atoms with van der Waals surface area (Å²) in [6, 6.07) is 11.8. The summed E-state index contributed by atoms with van der Waals surface area (Å²) in [5, 5.41) is 10.7. The van der Waals surface area contributed by atoms with Gasteiger partial charge in [0.2, 0.25) is 0 Å². The molecule has 2 aromatic carbocycles. The van der Waals surface area contributed by atoms with Crippen molar-refractivity contribution in [1.82, 2.24) is 4.98 Å². The molecule has 0 saturated carbocycles. The van der Waals surface area contributed by atoms with Crippen LogP contribution in [0.3, 0.4) is 0 Å². The third-order valence-electron chi connectivity index (χ3n) is 2.84. The van der Waals surface area contributed by atoms with Crippen LogP contribution in [0.15, 0.2) is 46.9 Å². The standard InChI is InChI=1S/C14H10N2O4/c1-9-8-10(6-7-12(9)16(17)18)19-14-15-11-4-2-3-5-13(11)20-14/h2-8H,1H3. The van der Waals surface area contributed by atoms with E-state index in [1.165, 1.54) is 12.1 Å². The predicted octanol–water partition coefficient (Wildman–Crippen LogP) is 3.84. The molecule has 1 heterocycles. The molecule has 1 aromatic heterocycles. The van der Waals surface area contributed by atoms with Gasteiger partial charge in [0.25, 0.3) is 5.69 Å². The zero-order valence-corrected chi connectivity index (χ0v) is 10.6. The van der Waals surface area contributed by atoms with Gasteiger partial charge in [0.15, 0.2) is 5.58 Å². The lowest BCUT2D eigenvalue weighted by Gasteiger charge is -2.02. The topological polar surface area (TPSA) is 78.4 Å². The first-order chi connectivity index (χ1) is 9.63. The number of hydrogen-bond acceptors (Lipinski definition) is 5. The fraction of sp³-hybridized carbons (Fsp3) is 0.0714. The fourth-order valence-corrected chi connectivity index (χ4v) is 1.89. The minimum absolute atomic E-state index is 0.0508. The Bertz CT molecular complexity index is 762. The van der Waals surface area contributed by atoms with E-state index in [4.69, 9.17) is 9.15 Å². The first-order valence-electron chi connectivity index (χ1n) is 5.92. The number of nitro groups is 1. The van der Waals surface area contributed by atoms with E-state index in [9.17, 15) is 10.1 Å². The smallest absolute Gasteiger partial charge is 0.400 e. The number of rotatable bonds is 3. The van der Waals surface area contributed by atoms with E-state index in [2.05, 4.69) is 4.98 Å². The van der Waals surface area contributed by atoms with Crippen molar-refractivity contribution >= 4 is 16.8 Å². The lowest BCUT2D eigenvalue weighted by atomic mass is 10.2. The summed E-state index contributed by atoms with van der Waals surface area (Å²) < 4.78 is 10.9. The molecule has 0 bridgehead atoms. The zero-order valence-electron chi connectivity index (χ0n) is 10.6. The van der Waals surface area contributed by atoms with Crippen molar-refractivity contribution < 1.29 is 14.1 Å². The van der Waals surface area contributed by atoms with Crippen LogP contribution in [-0.4, -0.2) is 9.91 Å². The van der Waals surface area contributed by atoms with Crippen LogP contribution in [-0.2, 0) is 0 Å². The van der Waals surface area contributed by atoms with Crippen LogP contribution < -0.4 is 4.74 Å². The van der Waals surface area contributed by atoms with Gasteiger partial charge in [-0.15, -0.1) is 0 Å². The SMILES string of the molecule is Cc1cc(Oc2nc3ccccc3o2)ccc1[N+](=O)[O-]. The highest BCUT2D eigenvalue weighted by Crippen LogP contribution is 2.28. The maximum absolute atomic E-state index is 10.7. The van der Waals surface area contributed by atoms with Gasteiger partial charge >= 0.3 is 6.08 Å². The number of oxazole rings is 1. The maximum atomic E-state index is 10.7. The van der Waals surface area contributed by atoms with Crippen molar-refractivity contribution in [2.45, 2.75) is 6.92 Å². The molecule has 0 radical (unpaired) electrons. The molecule has 0 amide bonds. The minimum Gasteiger partial charge on any atom is -0.411 e. The van der Waals surface area contributed by atoms with Gasteiger partial charge in [-0.25, -0.2) is 0 Å². The minimum atomic E-state index is -0.432. The Morgan fingerprint density at radius 1 is 1.25 bits per heavy atom. The van der Waals surface area contributed by atoms with Crippen LogP contribution in [0.5, 0.6) is 11.8 Å². The lowest BCUT2D eigenvalue weighted by Crippen LogP contribution is -1.92. The molecule has 6 heteroatoms. The van der Waals surface area contributed by atoms with Gasteiger partial charge in [0, 0.05) is 11.6 Å². The number of nitrogens with zero attached hydrogens (tertiary/aromatic N) is 2. The van der Waals surface area contributed by atoms with Gasteiger partial charge in [-0.05, 0) is 31.2 Å². The molecule has 3 aromatic rings. The first-order valence-corrected chi connectivity index (χ1v) is 5.92. The van der Waals surface area contributed by atoms with Crippen LogP contribution in [0.4, 0.5) is 5.69 Å². The van der Waals surface area contributed by atoms with Crippen molar-refractivity contribution in [1.29, 1.82) is 0 Å². The van der Waals surface area contributed by atoms with Crippen molar-refractivity contribution in [3.8, 4) is 11.8 Å². The fourth-order valence-electron chi connectivity index (χ4n) is 1.89. The molecule has 3 rings (SSSR count). The van der Waals surface area contributed by atoms with Gasteiger partial charge < -0.3 is 9.15 Å². The Hall–Kier alpha value is -2.89. The second-order valence-corrected chi connectivity index (χ2v) is 4.25. The van der Waals surface area contributed by atoms with Crippen molar-refractivity contribution in [3.05, 3.63) is 58.1 Å². The summed E-state index contributed by atoms with van der Waals surface area (Å²) in [6.07, 6.45) is 0.111. The Morgan fingerprint density at radius 2 is 2.05 bits per heavy atom. The number of ether oxygens (including phenoxy) is 1. The Morgan fingerprint density at radius 3 is 2.75 bits per heavy atom. The third-order valence-corrected chi connectivity index (χ3v) is 2.84. The number of nitro benzene ring substituents is 1. The molecule has 0 fully saturated rings. The maximum Gasteiger partial charge on any atom is 0.400 e. The Kier molecular flexibility index (Phi) is 2.83. The molecule has 0 aliphatic rings. The normalized spacial score (nSPS) is 10.7. The average molecular weight is 270 g/mol. The second kappa shape index (κ2) is 4.65. The van der Waals surface area contributed by atoms with Crippen molar-refractivity contribution in [2.24, 2.45) is 0 Å². The van der Waals surface area contributed by atoms with E-state index in [1.807, 2.05) is 18.2 Å². The summed E-state index contributed by atoms with van der Waals surface area (Å²) in [6.45, 7) is 1.65. The highest BCUT2D eigenvalue weighted by molar-refractivity contribution is 5.72. The molecule has 0 unspecified atom stereocenters. The number of aryl methyl sites for hydroxylation is 1. The van der Waals surface area contributed by atoms with Gasteiger partial charge in [-0.1, -0.05) is 12.1 Å². The molecule has 6 nitrogen and oxygen atoms in total. The Balaban J connectivity index is 1.90. The van der Waals surface area contributed by atoms with Crippen molar-refractivity contribution in [3.63, 3.8) is 0 Å². The molecule has 0 atom stereocenters. The molecule has 0 aliphatic heterocycles. The highest BCUT2D eigenvalue weighted by atomic mass is 16.6. The van der Waals surface area contributed by atoms with Crippen molar-refractivity contribution in [2.75, 3.05) is 0 Å². The van der Waals surface area contributed by atoms with Gasteiger partial charge in [0.05, 0.1) is 4.92 Å². The molecule has 20 heavy (non-hydrogen) atoms. The quantitative estimate of drug-likeness (QED) is 0.533. The van der Waals surface area contributed by atoms with E-state index < -0.39 is 4.92 Å². The Labute approximate surface area is 113 Å². The molecule has 0 saturated heterocycles. The number of fused-ring (bicyclic) bond motifs is 1. The molecular weight excluding hydrogens is 260 g/mol. The zero-order chi connectivity index (χ0) is 14.1. The lowest BCUT2D eigenvalue weighted by molar-refractivity contribution is -0.385. The number of benzene rings is 2. The van der Waals surface area contributed by atoms with E-state index in [0.717, 1.165) is 0 Å². The van der Waals surface area contributed by atoms with Gasteiger partial charge in [-0.3, -0.25) is 10.1 Å². The van der Waals surface area contributed by atoms with E-state index >= 15 is 0 Å². The van der Waals surface area contributed by atoms with Crippen LogP contribution in [0, 0.1) is 17.0 Å². The van der Waals surface area contributed by atoms with Gasteiger partial charge in [-0.2, -0.15) is 4.98 Å². The van der Waals surface area contributed by atoms with Crippen LogP contribution >= 0.6 is 0 Å². The predicted molar refractivity (Wildman–Crippen MR) is 71.9 cm³/mol. The summed E-state index contributed by atoms with van der Waals surface area (Å²) in [5.41, 5.74) is 1.89. The number of hydrogen-bond donors (Lipinski definition) is 0. The van der Waals surface area contributed by atoms with E-state index in [1.54, 1.807) is 19.1 Å². The van der Waals surface area contributed by atoms with Gasteiger partial charge in [0.1, 0.15) is 11.3 Å². The third kappa shape index (κ3) is 2.18. The second-order valence-electron chi connectivity index (χ2n) is 4.25. The number of para-hydroxylation sites is 2. The van der Waals surface area contributed by atoms with Crippen LogP contribution in [0.2, 0.25) is 0 Å².